The Balaban J connectivity index is 1.36. The van der Waals surface area contributed by atoms with Crippen molar-refractivity contribution < 1.29 is 42.6 Å². The number of benzene rings is 3. The third-order valence-corrected chi connectivity index (χ3v) is 6.22. The van der Waals surface area contributed by atoms with E-state index in [1.807, 2.05) is 0 Å². The number of carboxylic acids is 1. The van der Waals surface area contributed by atoms with Gasteiger partial charge in [0.1, 0.15) is 17.4 Å². The molecular formula is C32H28ClFN2O8. The summed E-state index contributed by atoms with van der Waals surface area (Å²) >= 11 is 5.90. The molecule has 0 aliphatic carbocycles. The standard InChI is InChI=1S/C32H28ClFN2O8/c1-32(2,3)44-31(41)35-22-11-7-20(8-12-22)30(40)43-26-13-4-18(16-23(26)34)17-24(29(38)39)36-28(37)27-15-14-25(42-27)19-5-9-21(33)10-6-19/h4-16,24H,17H2,1-3H3,(H,35,41)(H,36,37)(H,38,39). The van der Waals surface area contributed by atoms with Gasteiger partial charge in [0.05, 0.1) is 5.56 Å². The molecule has 1 unspecified atom stereocenters. The minimum absolute atomic E-state index is 0.0917. The van der Waals surface area contributed by atoms with Crippen molar-refractivity contribution in [2.24, 2.45) is 0 Å². The average molecular weight is 623 g/mol. The molecule has 4 rings (SSSR count). The smallest absolute Gasteiger partial charge is 0.412 e. The minimum Gasteiger partial charge on any atom is -0.480 e. The lowest BCUT2D eigenvalue weighted by Gasteiger charge is -2.19. The molecule has 0 radical (unpaired) electrons. The average Bonchev–Trinajstić information content (AvgIpc) is 3.44. The Hall–Kier alpha value is -5.16. The summed E-state index contributed by atoms with van der Waals surface area (Å²) in [7, 11) is 0. The molecule has 0 fully saturated rings. The normalized spacial score (nSPS) is 11.8. The number of rotatable bonds is 9. The monoisotopic (exact) mass is 622 g/mol. The van der Waals surface area contributed by atoms with Crippen LogP contribution < -0.4 is 15.4 Å². The van der Waals surface area contributed by atoms with Gasteiger partial charge in [-0.05, 0) is 99.1 Å². The molecule has 3 aromatic carbocycles. The van der Waals surface area contributed by atoms with E-state index < -0.39 is 41.4 Å². The first kappa shape index (κ1) is 31.8. The largest absolute Gasteiger partial charge is 0.480 e. The molecular weight excluding hydrogens is 595 g/mol. The molecule has 0 aliphatic heterocycles. The van der Waals surface area contributed by atoms with Gasteiger partial charge in [0.15, 0.2) is 17.3 Å². The highest BCUT2D eigenvalue weighted by Gasteiger charge is 2.24. The molecule has 10 nitrogen and oxygen atoms in total. The fourth-order valence-corrected chi connectivity index (χ4v) is 4.04. The summed E-state index contributed by atoms with van der Waals surface area (Å²) < 4.78 is 30.7. The minimum atomic E-state index is -1.41. The van der Waals surface area contributed by atoms with E-state index >= 15 is 0 Å². The van der Waals surface area contributed by atoms with Gasteiger partial charge in [-0.15, -0.1) is 0 Å². The number of anilines is 1. The molecule has 0 spiro atoms. The van der Waals surface area contributed by atoms with E-state index in [1.54, 1.807) is 51.1 Å². The third-order valence-electron chi connectivity index (χ3n) is 5.97. The Morgan fingerprint density at radius 2 is 1.64 bits per heavy atom. The lowest BCUT2D eigenvalue weighted by molar-refractivity contribution is -0.139. The Morgan fingerprint density at radius 3 is 2.25 bits per heavy atom. The molecule has 0 bridgehead atoms. The SMILES string of the molecule is CC(C)(C)OC(=O)Nc1ccc(C(=O)Oc2ccc(CC(NC(=O)c3ccc(-c4ccc(Cl)cc4)o3)C(=O)O)cc2F)cc1. The maximum absolute atomic E-state index is 14.8. The van der Waals surface area contributed by atoms with E-state index in [0.29, 0.717) is 22.0 Å². The van der Waals surface area contributed by atoms with Crippen molar-refractivity contribution >= 4 is 41.2 Å². The van der Waals surface area contributed by atoms with Gasteiger partial charge in [-0.3, -0.25) is 10.1 Å². The first-order valence-corrected chi connectivity index (χ1v) is 13.7. The van der Waals surface area contributed by atoms with Gasteiger partial charge in [-0.1, -0.05) is 17.7 Å². The highest BCUT2D eigenvalue weighted by Crippen LogP contribution is 2.25. The molecule has 1 aromatic heterocycles. The third kappa shape index (κ3) is 8.68. The second kappa shape index (κ2) is 13.4. The van der Waals surface area contributed by atoms with Crippen LogP contribution in [0.15, 0.2) is 83.3 Å². The lowest BCUT2D eigenvalue weighted by Crippen LogP contribution is -2.42. The van der Waals surface area contributed by atoms with Crippen molar-refractivity contribution in [1.29, 1.82) is 0 Å². The van der Waals surface area contributed by atoms with E-state index in [9.17, 15) is 28.7 Å². The summed E-state index contributed by atoms with van der Waals surface area (Å²) in [4.78, 5) is 49.1. The molecule has 44 heavy (non-hydrogen) atoms. The van der Waals surface area contributed by atoms with Crippen LogP contribution in [-0.2, 0) is 16.0 Å². The summed E-state index contributed by atoms with van der Waals surface area (Å²) in [6.07, 6.45) is -0.924. The van der Waals surface area contributed by atoms with Gasteiger partial charge in [-0.2, -0.15) is 0 Å². The number of amides is 2. The Morgan fingerprint density at radius 1 is 0.955 bits per heavy atom. The van der Waals surface area contributed by atoms with E-state index in [0.717, 1.165) is 6.07 Å². The predicted octanol–water partition coefficient (Wildman–Crippen LogP) is 6.73. The molecule has 2 amide bonds. The van der Waals surface area contributed by atoms with Crippen LogP contribution in [0.3, 0.4) is 0 Å². The van der Waals surface area contributed by atoms with Crippen LogP contribution in [0, 0.1) is 5.82 Å². The van der Waals surface area contributed by atoms with Crippen LogP contribution in [0.5, 0.6) is 5.75 Å². The Labute approximate surface area is 256 Å². The highest BCUT2D eigenvalue weighted by molar-refractivity contribution is 6.30. The van der Waals surface area contributed by atoms with Crippen LogP contribution in [-0.4, -0.2) is 40.7 Å². The van der Waals surface area contributed by atoms with Gasteiger partial charge in [0, 0.05) is 22.7 Å². The number of carbonyl (C=O) groups is 4. The zero-order chi connectivity index (χ0) is 32.0. The quantitative estimate of drug-likeness (QED) is 0.138. The summed E-state index contributed by atoms with van der Waals surface area (Å²) in [6.45, 7) is 5.17. The van der Waals surface area contributed by atoms with Gasteiger partial charge < -0.3 is 24.3 Å². The maximum Gasteiger partial charge on any atom is 0.412 e. The topological polar surface area (TPSA) is 144 Å². The van der Waals surface area contributed by atoms with Crippen molar-refractivity contribution in [3.8, 4) is 17.1 Å². The number of carbonyl (C=O) groups excluding carboxylic acids is 3. The summed E-state index contributed by atoms with van der Waals surface area (Å²) in [5, 5.41) is 15.1. The van der Waals surface area contributed by atoms with E-state index in [4.69, 9.17) is 25.5 Å². The Bertz CT molecular complexity index is 1680. The van der Waals surface area contributed by atoms with Crippen LogP contribution >= 0.6 is 11.6 Å². The predicted molar refractivity (Wildman–Crippen MR) is 159 cm³/mol. The number of esters is 1. The number of ether oxygens (including phenoxy) is 2. The van der Waals surface area contributed by atoms with Crippen molar-refractivity contribution in [2.45, 2.75) is 38.8 Å². The summed E-state index contributed by atoms with van der Waals surface area (Å²) in [5.41, 5.74) is 0.689. The number of halogens is 2. The number of carboxylic acid groups (broad SMARTS) is 1. The van der Waals surface area contributed by atoms with E-state index in [1.165, 1.54) is 42.5 Å². The zero-order valence-electron chi connectivity index (χ0n) is 23.9. The zero-order valence-corrected chi connectivity index (χ0v) is 24.6. The molecule has 4 aromatic rings. The molecule has 3 N–H and O–H groups in total. The first-order valence-electron chi connectivity index (χ1n) is 13.3. The van der Waals surface area contributed by atoms with Crippen LogP contribution in [0.4, 0.5) is 14.9 Å². The van der Waals surface area contributed by atoms with E-state index in [-0.39, 0.29) is 29.1 Å². The fourth-order valence-electron chi connectivity index (χ4n) is 3.92. The lowest BCUT2D eigenvalue weighted by atomic mass is 10.1. The number of nitrogens with one attached hydrogen (secondary N) is 2. The van der Waals surface area contributed by atoms with Gasteiger partial charge in [-0.25, -0.2) is 18.8 Å². The highest BCUT2D eigenvalue weighted by atomic mass is 35.5. The first-order chi connectivity index (χ1) is 20.8. The van der Waals surface area contributed by atoms with Gasteiger partial charge >= 0.3 is 18.0 Å². The number of furan rings is 1. The fraction of sp³-hybridized carbons (Fsp3) is 0.188. The molecule has 0 saturated heterocycles. The van der Waals surface area contributed by atoms with Crippen molar-refractivity contribution in [3.05, 3.63) is 107 Å². The van der Waals surface area contributed by atoms with Crippen LogP contribution in [0.25, 0.3) is 11.3 Å². The van der Waals surface area contributed by atoms with Crippen LogP contribution in [0.1, 0.15) is 47.2 Å². The van der Waals surface area contributed by atoms with Crippen molar-refractivity contribution in [3.63, 3.8) is 0 Å². The van der Waals surface area contributed by atoms with Crippen molar-refractivity contribution in [1.82, 2.24) is 5.32 Å². The molecule has 1 heterocycles. The molecule has 1 atom stereocenters. The number of aliphatic carboxylic acids is 1. The second-order valence-electron chi connectivity index (χ2n) is 10.6. The van der Waals surface area contributed by atoms with Crippen molar-refractivity contribution in [2.75, 3.05) is 5.32 Å². The Kier molecular flexibility index (Phi) is 9.70. The molecule has 228 valence electrons. The molecule has 0 saturated carbocycles. The second-order valence-corrected chi connectivity index (χ2v) is 11.0. The molecule has 12 heteroatoms. The van der Waals surface area contributed by atoms with E-state index in [2.05, 4.69) is 10.6 Å². The van der Waals surface area contributed by atoms with Gasteiger partial charge in [0.25, 0.3) is 5.91 Å². The maximum atomic E-state index is 14.8. The summed E-state index contributed by atoms with van der Waals surface area (Å²) in [6, 6.07) is 17.6. The number of hydrogen-bond acceptors (Lipinski definition) is 7. The van der Waals surface area contributed by atoms with Gasteiger partial charge in [0.2, 0.25) is 0 Å². The number of hydrogen-bond donors (Lipinski definition) is 3. The summed E-state index contributed by atoms with van der Waals surface area (Å²) in [5.74, 6) is -3.97. The molecule has 0 aliphatic rings. The van der Waals surface area contributed by atoms with Crippen LogP contribution in [0.2, 0.25) is 5.02 Å².